The van der Waals surface area contributed by atoms with E-state index in [1.54, 1.807) is 12.1 Å². The van der Waals surface area contributed by atoms with Gasteiger partial charge >= 0.3 is 0 Å². The number of sulfonamides is 1. The number of nitriles is 1. The summed E-state index contributed by atoms with van der Waals surface area (Å²) in [6.07, 6.45) is 3.01. The Labute approximate surface area is 122 Å². The molecule has 0 spiro atoms. The van der Waals surface area contributed by atoms with E-state index >= 15 is 0 Å². The van der Waals surface area contributed by atoms with Gasteiger partial charge in [-0.05, 0) is 30.3 Å². The molecule has 0 aliphatic rings. The zero-order valence-corrected chi connectivity index (χ0v) is 12.1. The zero-order valence-electron chi connectivity index (χ0n) is 10.5. The van der Waals surface area contributed by atoms with Gasteiger partial charge in [0.1, 0.15) is 6.07 Å². The fourth-order valence-corrected chi connectivity index (χ4v) is 3.11. The van der Waals surface area contributed by atoms with Gasteiger partial charge in [0.25, 0.3) is 10.0 Å². The molecule has 0 aliphatic carbocycles. The Morgan fingerprint density at radius 2 is 1.90 bits per heavy atom. The van der Waals surface area contributed by atoms with Crippen molar-refractivity contribution in [3.63, 3.8) is 0 Å². The number of anilines is 1. The molecule has 102 valence electrons. The molecule has 20 heavy (non-hydrogen) atoms. The molecule has 0 atom stereocenters. The van der Waals surface area contributed by atoms with Crippen LogP contribution in [0.15, 0.2) is 47.6 Å². The van der Waals surface area contributed by atoms with Crippen LogP contribution >= 0.6 is 11.6 Å². The summed E-state index contributed by atoms with van der Waals surface area (Å²) in [6, 6.07) is 9.07. The number of hydrogen-bond donors (Lipinski definition) is 0. The highest BCUT2D eigenvalue weighted by atomic mass is 35.5. The molecule has 1 heterocycles. The van der Waals surface area contributed by atoms with Gasteiger partial charge in [0.05, 0.1) is 21.2 Å². The largest absolute Gasteiger partial charge is 0.269 e. The summed E-state index contributed by atoms with van der Waals surface area (Å²) in [5, 5.41) is 8.91. The Morgan fingerprint density at radius 3 is 2.45 bits per heavy atom. The lowest BCUT2D eigenvalue weighted by molar-refractivity contribution is 0.594. The number of rotatable bonds is 3. The van der Waals surface area contributed by atoms with Crippen LogP contribution in [0.1, 0.15) is 5.56 Å². The Hall–Kier alpha value is -2.10. The molecule has 0 saturated carbocycles. The first kappa shape index (κ1) is 14.3. The minimum absolute atomic E-state index is 0.0285. The van der Waals surface area contributed by atoms with Gasteiger partial charge in [0.15, 0.2) is 0 Å². The van der Waals surface area contributed by atoms with Gasteiger partial charge in [-0.2, -0.15) is 5.26 Å². The highest BCUT2D eigenvalue weighted by molar-refractivity contribution is 7.92. The van der Waals surface area contributed by atoms with Crippen LogP contribution in [-0.4, -0.2) is 20.4 Å². The maximum Gasteiger partial charge on any atom is 0.264 e. The lowest BCUT2D eigenvalue weighted by Gasteiger charge is -2.19. The van der Waals surface area contributed by atoms with Crippen molar-refractivity contribution in [1.82, 2.24) is 4.98 Å². The lowest BCUT2D eigenvalue weighted by atomic mass is 10.2. The van der Waals surface area contributed by atoms with Crippen LogP contribution in [0.4, 0.5) is 5.69 Å². The molecule has 1 aromatic carbocycles. The third-order valence-electron chi connectivity index (χ3n) is 2.75. The lowest BCUT2D eigenvalue weighted by Crippen LogP contribution is -2.26. The maximum atomic E-state index is 12.4. The summed E-state index contributed by atoms with van der Waals surface area (Å²) in [5.41, 5.74) is 0.720. The van der Waals surface area contributed by atoms with Gasteiger partial charge in [-0.1, -0.05) is 11.6 Å². The molecule has 0 aliphatic heterocycles. The van der Waals surface area contributed by atoms with Crippen molar-refractivity contribution >= 4 is 27.3 Å². The van der Waals surface area contributed by atoms with Crippen molar-refractivity contribution in [3.05, 3.63) is 53.3 Å². The number of pyridine rings is 1. The monoisotopic (exact) mass is 307 g/mol. The molecule has 0 N–H and O–H groups in total. The van der Waals surface area contributed by atoms with Crippen LogP contribution in [0.5, 0.6) is 0 Å². The SMILES string of the molecule is CN(c1ccncc1)S(=O)(=O)c1ccc(C#N)c(Cl)c1. The van der Waals surface area contributed by atoms with Crippen molar-refractivity contribution in [1.29, 1.82) is 5.26 Å². The summed E-state index contributed by atoms with van der Waals surface area (Å²) in [6.45, 7) is 0. The van der Waals surface area contributed by atoms with Crippen molar-refractivity contribution in [2.45, 2.75) is 4.90 Å². The van der Waals surface area contributed by atoms with Crippen molar-refractivity contribution in [2.75, 3.05) is 11.4 Å². The van der Waals surface area contributed by atoms with Gasteiger partial charge in [0, 0.05) is 19.4 Å². The fourth-order valence-electron chi connectivity index (χ4n) is 1.60. The molecule has 7 heteroatoms. The molecule has 2 rings (SSSR count). The maximum absolute atomic E-state index is 12.4. The zero-order chi connectivity index (χ0) is 14.8. The van der Waals surface area contributed by atoms with E-state index in [2.05, 4.69) is 4.98 Å². The average Bonchev–Trinajstić information content (AvgIpc) is 2.47. The molecule has 0 unspecified atom stereocenters. The molecule has 0 amide bonds. The number of halogens is 1. The van der Waals surface area contributed by atoms with Crippen LogP contribution in [-0.2, 0) is 10.0 Å². The highest BCUT2D eigenvalue weighted by Crippen LogP contribution is 2.25. The first-order valence-electron chi connectivity index (χ1n) is 5.55. The van der Waals surface area contributed by atoms with E-state index in [1.165, 1.54) is 37.6 Å². The van der Waals surface area contributed by atoms with Crippen LogP contribution in [0.3, 0.4) is 0 Å². The normalized spacial score (nSPS) is 10.8. The first-order valence-corrected chi connectivity index (χ1v) is 7.37. The third-order valence-corrected chi connectivity index (χ3v) is 4.84. The van der Waals surface area contributed by atoms with Crippen LogP contribution in [0, 0.1) is 11.3 Å². The summed E-state index contributed by atoms with van der Waals surface area (Å²) in [7, 11) is -2.29. The summed E-state index contributed by atoms with van der Waals surface area (Å²) < 4.78 is 26.0. The number of aromatic nitrogens is 1. The molecule has 0 bridgehead atoms. The van der Waals surface area contributed by atoms with E-state index in [1.807, 2.05) is 6.07 Å². The molecule has 0 fully saturated rings. The molecule has 0 saturated heterocycles. The van der Waals surface area contributed by atoms with Gasteiger partial charge < -0.3 is 0 Å². The molecular weight excluding hydrogens is 298 g/mol. The number of hydrogen-bond acceptors (Lipinski definition) is 4. The Morgan fingerprint density at radius 1 is 1.25 bits per heavy atom. The minimum atomic E-state index is -3.73. The smallest absolute Gasteiger partial charge is 0.264 e. The molecule has 2 aromatic rings. The van der Waals surface area contributed by atoms with E-state index in [4.69, 9.17) is 16.9 Å². The van der Waals surface area contributed by atoms with Crippen LogP contribution in [0.2, 0.25) is 5.02 Å². The Kier molecular flexibility index (Phi) is 3.93. The summed E-state index contributed by atoms with van der Waals surface area (Å²) in [5.74, 6) is 0. The van der Waals surface area contributed by atoms with E-state index in [-0.39, 0.29) is 15.5 Å². The standard InChI is InChI=1S/C13H10ClN3O2S/c1-17(11-4-6-16-7-5-11)20(18,19)12-3-2-10(9-15)13(14)8-12/h2-8H,1H3. The van der Waals surface area contributed by atoms with Gasteiger partial charge in [-0.25, -0.2) is 8.42 Å². The second kappa shape index (κ2) is 5.49. The van der Waals surface area contributed by atoms with Gasteiger partial charge in [-0.15, -0.1) is 0 Å². The molecule has 5 nitrogen and oxygen atoms in total. The molecule has 1 aromatic heterocycles. The fraction of sp³-hybridized carbons (Fsp3) is 0.0769. The highest BCUT2D eigenvalue weighted by Gasteiger charge is 2.22. The minimum Gasteiger partial charge on any atom is -0.269 e. The third kappa shape index (κ3) is 2.59. The van der Waals surface area contributed by atoms with Crippen LogP contribution < -0.4 is 4.31 Å². The Bertz CT molecular complexity index is 770. The van der Waals surface area contributed by atoms with Crippen molar-refractivity contribution in [2.24, 2.45) is 0 Å². The summed E-state index contributed by atoms with van der Waals surface area (Å²) in [4.78, 5) is 3.87. The van der Waals surface area contributed by atoms with E-state index in [0.717, 1.165) is 4.31 Å². The summed E-state index contributed by atoms with van der Waals surface area (Å²) >= 11 is 5.87. The second-order valence-electron chi connectivity index (χ2n) is 3.93. The quantitative estimate of drug-likeness (QED) is 0.873. The topological polar surface area (TPSA) is 74.1 Å². The number of benzene rings is 1. The van der Waals surface area contributed by atoms with E-state index in [0.29, 0.717) is 5.69 Å². The van der Waals surface area contributed by atoms with Crippen molar-refractivity contribution < 1.29 is 8.42 Å². The molecular formula is C13H10ClN3O2S. The van der Waals surface area contributed by atoms with E-state index < -0.39 is 10.0 Å². The Balaban J connectivity index is 2.46. The average molecular weight is 308 g/mol. The van der Waals surface area contributed by atoms with Gasteiger partial charge in [-0.3, -0.25) is 9.29 Å². The molecule has 0 radical (unpaired) electrons. The predicted molar refractivity (Wildman–Crippen MR) is 76.0 cm³/mol. The number of nitrogens with zero attached hydrogens (tertiary/aromatic N) is 3. The second-order valence-corrected chi connectivity index (χ2v) is 6.31. The first-order chi connectivity index (χ1) is 9.46. The van der Waals surface area contributed by atoms with Gasteiger partial charge in [0.2, 0.25) is 0 Å². The van der Waals surface area contributed by atoms with Crippen molar-refractivity contribution in [3.8, 4) is 6.07 Å². The van der Waals surface area contributed by atoms with E-state index in [9.17, 15) is 8.42 Å². The predicted octanol–water partition coefficient (Wildman–Crippen LogP) is 2.43. The van der Waals surface area contributed by atoms with Crippen LogP contribution in [0.25, 0.3) is 0 Å².